The third kappa shape index (κ3) is 5.65. The molecule has 1 fully saturated rings. The van der Waals surface area contributed by atoms with Crippen molar-refractivity contribution in [1.82, 2.24) is 5.32 Å². The normalized spacial score (nSPS) is 15.2. The fourth-order valence-corrected chi connectivity index (χ4v) is 3.42. The van der Waals surface area contributed by atoms with Crippen LogP contribution >= 0.6 is 0 Å². The van der Waals surface area contributed by atoms with E-state index in [1.807, 2.05) is 31.2 Å². The van der Waals surface area contributed by atoms with Crippen LogP contribution in [-0.2, 0) is 0 Å². The van der Waals surface area contributed by atoms with E-state index in [9.17, 15) is 4.79 Å². The van der Waals surface area contributed by atoms with E-state index in [0.29, 0.717) is 5.92 Å². The Balaban J connectivity index is 1.47. The van der Waals surface area contributed by atoms with Gasteiger partial charge in [0.05, 0.1) is 0 Å². The van der Waals surface area contributed by atoms with Crippen LogP contribution in [0.25, 0.3) is 0 Å². The van der Waals surface area contributed by atoms with Crippen LogP contribution in [0.2, 0.25) is 0 Å². The number of nitrogens with one attached hydrogen (secondary N) is 2. The molecule has 0 bridgehead atoms. The van der Waals surface area contributed by atoms with E-state index in [-0.39, 0.29) is 6.03 Å². The zero-order valence-electron chi connectivity index (χ0n) is 17.1. The molecule has 2 amide bonds. The van der Waals surface area contributed by atoms with Crippen molar-refractivity contribution in [1.29, 1.82) is 0 Å². The van der Waals surface area contributed by atoms with E-state index in [1.54, 1.807) is 0 Å². The average molecular weight is 382 g/mol. The highest BCUT2D eigenvalue weighted by molar-refractivity contribution is 5.89. The summed E-state index contributed by atoms with van der Waals surface area (Å²) in [4.78, 5) is 14.6. The van der Waals surface area contributed by atoms with Gasteiger partial charge in [-0.2, -0.15) is 0 Å². The molecule has 0 radical (unpaired) electrons. The summed E-state index contributed by atoms with van der Waals surface area (Å²) < 4.78 is 5.78. The molecule has 1 aliphatic rings. The molecule has 1 saturated heterocycles. The van der Waals surface area contributed by atoms with Crippen LogP contribution in [0, 0.1) is 0 Å². The highest BCUT2D eigenvalue weighted by Crippen LogP contribution is 2.22. The summed E-state index contributed by atoms with van der Waals surface area (Å²) in [5.74, 6) is 1.22. The predicted octanol–water partition coefficient (Wildman–Crippen LogP) is 5.35. The number of rotatable bonds is 6. The number of nitrogens with zero attached hydrogens (tertiary/aromatic N) is 1. The average Bonchev–Trinajstić information content (AvgIpc) is 2.69. The molecule has 0 aliphatic carbocycles. The van der Waals surface area contributed by atoms with Crippen LogP contribution in [0.1, 0.15) is 51.5 Å². The summed E-state index contributed by atoms with van der Waals surface area (Å²) in [6.07, 6.45) is 3.39. The molecule has 28 heavy (non-hydrogen) atoms. The van der Waals surface area contributed by atoms with Crippen molar-refractivity contribution in [2.24, 2.45) is 0 Å². The standard InChI is InChI=1S/C23H31N3O2/c1-17(2)19-7-13-22(14-8-19)28-18(3)24-23(27)25-20-9-11-21(12-10-20)26-15-5-4-6-16-26/h7-14,17-18H,4-6,15-16H2,1-3H3,(H2,24,25,27). The van der Waals surface area contributed by atoms with Crippen molar-refractivity contribution < 1.29 is 9.53 Å². The third-order valence-electron chi connectivity index (χ3n) is 5.04. The smallest absolute Gasteiger partial charge is 0.322 e. The van der Waals surface area contributed by atoms with Crippen LogP contribution in [0.5, 0.6) is 5.75 Å². The van der Waals surface area contributed by atoms with E-state index >= 15 is 0 Å². The van der Waals surface area contributed by atoms with Gasteiger partial charge in [-0.05, 0) is 74.1 Å². The molecule has 5 heteroatoms. The van der Waals surface area contributed by atoms with Crippen LogP contribution < -0.4 is 20.3 Å². The molecule has 3 rings (SSSR count). The van der Waals surface area contributed by atoms with Crippen LogP contribution in [0.4, 0.5) is 16.2 Å². The molecule has 5 nitrogen and oxygen atoms in total. The largest absolute Gasteiger partial charge is 0.471 e. The van der Waals surface area contributed by atoms with Crippen molar-refractivity contribution in [2.75, 3.05) is 23.3 Å². The lowest BCUT2D eigenvalue weighted by Gasteiger charge is -2.28. The molecule has 2 aromatic rings. The van der Waals surface area contributed by atoms with Gasteiger partial charge in [0.1, 0.15) is 5.75 Å². The third-order valence-corrected chi connectivity index (χ3v) is 5.04. The SMILES string of the molecule is CC(NC(=O)Nc1ccc(N2CCCCC2)cc1)Oc1ccc(C(C)C)cc1. The number of amides is 2. The summed E-state index contributed by atoms with van der Waals surface area (Å²) in [7, 11) is 0. The molecule has 0 saturated carbocycles. The zero-order valence-corrected chi connectivity index (χ0v) is 17.1. The van der Waals surface area contributed by atoms with E-state index < -0.39 is 6.23 Å². The number of carbonyl (C=O) groups is 1. The Kier molecular flexibility index (Phi) is 6.80. The quantitative estimate of drug-likeness (QED) is 0.664. The Morgan fingerprint density at radius 1 is 0.929 bits per heavy atom. The first-order valence-corrected chi connectivity index (χ1v) is 10.2. The Bertz CT molecular complexity index is 750. The van der Waals surface area contributed by atoms with Gasteiger partial charge in [-0.3, -0.25) is 0 Å². The molecule has 1 heterocycles. The summed E-state index contributed by atoms with van der Waals surface area (Å²) >= 11 is 0. The summed E-state index contributed by atoms with van der Waals surface area (Å²) in [6, 6.07) is 15.7. The Labute approximate surface area is 168 Å². The Morgan fingerprint density at radius 2 is 1.57 bits per heavy atom. The fraction of sp³-hybridized carbons (Fsp3) is 0.435. The van der Waals surface area contributed by atoms with Gasteiger partial charge < -0.3 is 20.3 Å². The molecular formula is C23H31N3O2. The number of hydrogen-bond acceptors (Lipinski definition) is 3. The summed E-state index contributed by atoms with van der Waals surface area (Å²) in [5, 5.41) is 5.67. The van der Waals surface area contributed by atoms with Gasteiger partial charge in [0.15, 0.2) is 6.23 Å². The van der Waals surface area contributed by atoms with Gasteiger partial charge in [-0.1, -0.05) is 26.0 Å². The summed E-state index contributed by atoms with van der Waals surface area (Å²) in [6.45, 7) is 8.35. The van der Waals surface area contributed by atoms with Crippen molar-refractivity contribution in [3.8, 4) is 5.75 Å². The Morgan fingerprint density at radius 3 is 2.18 bits per heavy atom. The van der Waals surface area contributed by atoms with E-state index in [2.05, 4.69) is 53.6 Å². The van der Waals surface area contributed by atoms with Crippen molar-refractivity contribution in [2.45, 2.75) is 52.2 Å². The minimum Gasteiger partial charge on any atom is -0.471 e. The molecule has 0 aromatic heterocycles. The van der Waals surface area contributed by atoms with Gasteiger partial charge >= 0.3 is 6.03 Å². The molecule has 1 atom stereocenters. The molecule has 0 spiro atoms. The lowest BCUT2D eigenvalue weighted by molar-refractivity contribution is 0.183. The molecular weight excluding hydrogens is 350 g/mol. The second kappa shape index (κ2) is 9.49. The first kappa shape index (κ1) is 20.1. The number of piperidine rings is 1. The van der Waals surface area contributed by atoms with Crippen LogP contribution in [-0.4, -0.2) is 25.3 Å². The van der Waals surface area contributed by atoms with Crippen molar-refractivity contribution >= 4 is 17.4 Å². The van der Waals surface area contributed by atoms with Gasteiger partial charge in [0.25, 0.3) is 0 Å². The van der Waals surface area contributed by atoms with E-state index in [4.69, 9.17) is 4.74 Å². The maximum Gasteiger partial charge on any atom is 0.322 e. The van der Waals surface area contributed by atoms with Crippen molar-refractivity contribution in [3.63, 3.8) is 0 Å². The van der Waals surface area contributed by atoms with Gasteiger partial charge in [0, 0.05) is 24.5 Å². The lowest BCUT2D eigenvalue weighted by atomic mass is 10.0. The molecule has 1 aliphatic heterocycles. The predicted molar refractivity (Wildman–Crippen MR) is 115 cm³/mol. The van der Waals surface area contributed by atoms with Crippen molar-refractivity contribution in [3.05, 3.63) is 54.1 Å². The number of urea groups is 1. The topological polar surface area (TPSA) is 53.6 Å². The number of carbonyl (C=O) groups excluding carboxylic acids is 1. The van der Waals surface area contributed by atoms with Crippen LogP contribution in [0.15, 0.2) is 48.5 Å². The fourth-order valence-electron chi connectivity index (χ4n) is 3.42. The zero-order chi connectivity index (χ0) is 19.9. The number of benzene rings is 2. The highest BCUT2D eigenvalue weighted by Gasteiger charge is 2.12. The number of anilines is 2. The maximum absolute atomic E-state index is 12.2. The van der Waals surface area contributed by atoms with Gasteiger partial charge in [-0.15, -0.1) is 0 Å². The van der Waals surface area contributed by atoms with Crippen LogP contribution in [0.3, 0.4) is 0 Å². The molecule has 150 valence electrons. The molecule has 2 aromatic carbocycles. The Hall–Kier alpha value is -2.69. The summed E-state index contributed by atoms with van der Waals surface area (Å²) in [5.41, 5.74) is 3.25. The maximum atomic E-state index is 12.2. The second-order valence-corrected chi connectivity index (χ2v) is 7.68. The van der Waals surface area contributed by atoms with Gasteiger partial charge in [-0.25, -0.2) is 4.79 Å². The number of hydrogen-bond donors (Lipinski definition) is 2. The highest BCUT2D eigenvalue weighted by atomic mass is 16.5. The second-order valence-electron chi connectivity index (χ2n) is 7.68. The van der Waals surface area contributed by atoms with E-state index in [1.165, 1.54) is 30.5 Å². The lowest BCUT2D eigenvalue weighted by Crippen LogP contribution is -2.39. The minimum atomic E-state index is -0.433. The number of ether oxygens (including phenoxy) is 1. The molecule has 1 unspecified atom stereocenters. The molecule has 2 N–H and O–H groups in total. The first-order chi connectivity index (χ1) is 13.5. The monoisotopic (exact) mass is 381 g/mol. The first-order valence-electron chi connectivity index (χ1n) is 10.2. The minimum absolute atomic E-state index is 0.281. The van der Waals surface area contributed by atoms with Gasteiger partial charge in [0.2, 0.25) is 0 Å². The van der Waals surface area contributed by atoms with E-state index in [0.717, 1.165) is 24.5 Å².